The van der Waals surface area contributed by atoms with Crippen molar-refractivity contribution in [3.8, 4) is 23.0 Å². The normalized spacial score (nSPS) is 17.9. The van der Waals surface area contributed by atoms with Crippen molar-refractivity contribution in [3.05, 3.63) is 47.5 Å². The lowest BCUT2D eigenvalue weighted by Gasteiger charge is -2.26. The molecule has 0 aliphatic carbocycles. The van der Waals surface area contributed by atoms with Crippen LogP contribution < -0.4 is 18.9 Å². The topological polar surface area (TPSA) is 49.4 Å². The first-order valence-electron chi connectivity index (χ1n) is 9.68. The Bertz CT molecular complexity index is 781. The fourth-order valence-electron chi connectivity index (χ4n) is 3.77. The number of hydrogen-bond donors (Lipinski definition) is 0. The molecule has 2 heterocycles. The van der Waals surface area contributed by atoms with Crippen LogP contribution in [0.2, 0.25) is 0 Å². The summed E-state index contributed by atoms with van der Waals surface area (Å²) in [4.78, 5) is 2.40. The molecule has 2 aliphatic rings. The minimum atomic E-state index is 0.279. The van der Waals surface area contributed by atoms with E-state index >= 15 is 0 Å². The third-order valence-corrected chi connectivity index (χ3v) is 5.15. The molecule has 0 N–H and O–H groups in total. The van der Waals surface area contributed by atoms with Crippen LogP contribution in [0.15, 0.2) is 36.4 Å². The van der Waals surface area contributed by atoms with Crippen LogP contribution in [-0.2, 0) is 17.8 Å². The Labute approximate surface area is 165 Å². The predicted molar refractivity (Wildman–Crippen MR) is 105 cm³/mol. The Balaban J connectivity index is 1.53. The predicted octanol–water partition coefficient (Wildman–Crippen LogP) is 3.61. The number of hydrogen-bond acceptors (Lipinski definition) is 6. The van der Waals surface area contributed by atoms with Crippen molar-refractivity contribution in [1.29, 1.82) is 0 Å². The van der Waals surface area contributed by atoms with Crippen LogP contribution >= 0.6 is 0 Å². The standard InChI is InChI=1S/C22H27NO5/c1-24-19-8-17(9-20(11-19)25-2)13-23(14-18-4-3-7-26-18)12-16-5-6-21-22(10-16)28-15-27-21/h5-6,8-11,18H,3-4,7,12-15H2,1-2H3. The Kier molecular flexibility index (Phi) is 5.88. The average Bonchev–Trinajstić information content (AvgIpc) is 3.39. The molecule has 1 atom stereocenters. The number of benzene rings is 2. The van der Waals surface area contributed by atoms with Gasteiger partial charge in [0.25, 0.3) is 0 Å². The molecule has 1 saturated heterocycles. The van der Waals surface area contributed by atoms with Crippen molar-refractivity contribution in [2.24, 2.45) is 0 Å². The van der Waals surface area contributed by atoms with E-state index in [-0.39, 0.29) is 6.10 Å². The van der Waals surface area contributed by atoms with Gasteiger partial charge in [-0.25, -0.2) is 0 Å². The van der Waals surface area contributed by atoms with Crippen LogP contribution in [-0.4, -0.2) is 45.2 Å². The molecule has 2 aromatic carbocycles. The molecular weight excluding hydrogens is 358 g/mol. The van der Waals surface area contributed by atoms with E-state index in [4.69, 9.17) is 23.7 Å². The number of nitrogens with zero attached hydrogens (tertiary/aromatic N) is 1. The molecule has 28 heavy (non-hydrogen) atoms. The molecule has 2 aliphatic heterocycles. The average molecular weight is 385 g/mol. The van der Waals surface area contributed by atoms with E-state index in [2.05, 4.69) is 29.2 Å². The van der Waals surface area contributed by atoms with Gasteiger partial charge in [0.05, 0.1) is 20.3 Å². The van der Waals surface area contributed by atoms with Gasteiger partial charge in [-0.1, -0.05) is 6.07 Å². The zero-order chi connectivity index (χ0) is 19.3. The molecule has 6 heteroatoms. The zero-order valence-corrected chi connectivity index (χ0v) is 16.5. The van der Waals surface area contributed by atoms with Gasteiger partial charge < -0.3 is 23.7 Å². The summed E-state index contributed by atoms with van der Waals surface area (Å²) in [5, 5.41) is 0. The minimum absolute atomic E-state index is 0.279. The largest absolute Gasteiger partial charge is 0.497 e. The third-order valence-electron chi connectivity index (χ3n) is 5.15. The first-order chi connectivity index (χ1) is 13.7. The highest BCUT2D eigenvalue weighted by molar-refractivity contribution is 5.44. The summed E-state index contributed by atoms with van der Waals surface area (Å²) in [5.74, 6) is 3.23. The summed E-state index contributed by atoms with van der Waals surface area (Å²) >= 11 is 0. The van der Waals surface area contributed by atoms with Crippen LogP contribution in [0.1, 0.15) is 24.0 Å². The van der Waals surface area contributed by atoms with Gasteiger partial charge in [-0.3, -0.25) is 4.90 Å². The maximum absolute atomic E-state index is 5.89. The van der Waals surface area contributed by atoms with E-state index in [0.29, 0.717) is 6.79 Å². The Morgan fingerprint density at radius 1 is 0.929 bits per heavy atom. The van der Waals surface area contributed by atoms with Crippen molar-refractivity contribution in [1.82, 2.24) is 4.90 Å². The summed E-state index contributed by atoms with van der Waals surface area (Å²) in [5.41, 5.74) is 2.34. The van der Waals surface area contributed by atoms with Crippen LogP contribution in [0.3, 0.4) is 0 Å². The molecule has 1 fully saturated rings. The highest BCUT2D eigenvalue weighted by Gasteiger charge is 2.21. The highest BCUT2D eigenvalue weighted by atomic mass is 16.7. The van der Waals surface area contributed by atoms with Gasteiger partial charge >= 0.3 is 0 Å². The van der Waals surface area contributed by atoms with Gasteiger partial charge in [0, 0.05) is 32.3 Å². The molecule has 150 valence electrons. The monoisotopic (exact) mass is 385 g/mol. The van der Waals surface area contributed by atoms with Crippen LogP contribution in [0.5, 0.6) is 23.0 Å². The zero-order valence-electron chi connectivity index (χ0n) is 16.5. The van der Waals surface area contributed by atoms with Gasteiger partial charge in [-0.15, -0.1) is 0 Å². The van der Waals surface area contributed by atoms with Gasteiger partial charge in [0.2, 0.25) is 6.79 Å². The lowest BCUT2D eigenvalue weighted by Crippen LogP contribution is -2.31. The molecular formula is C22H27NO5. The van der Waals surface area contributed by atoms with Crippen LogP contribution in [0.25, 0.3) is 0 Å². The molecule has 0 amide bonds. The molecule has 1 unspecified atom stereocenters. The fourth-order valence-corrected chi connectivity index (χ4v) is 3.77. The van der Waals surface area contributed by atoms with Crippen molar-refractivity contribution >= 4 is 0 Å². The molecule has 0 radical (unpaired) electrons. The molecule has 2 aromatic rings. The summed E-state index contributed by atoms with van der Waals surface area (Å²) < 4.78 is 27.7. The minimum Gasteiger partial charge on any atom is -0.497 e. The van der Waals surface area contributed by atoms with Crippen molar-refractivity contribution in [3.63, 3.8) is 0 Å². The van der Waals surface area contributed by atoms with Crippen molar-refractivity contribution < 1.29 is 23.7 Å². The molecule has 0 spiro atoms. The Morgan fingerprint density at radius 2 is 1.68 bits per heavy atom. The summed E-state index contributed by atoms with van der Waals surface area (Å²) in [6.07, 6.45) is 2.52. The van der Waals surface area contributed by atoms with Gasteiger partial charge in [0.15, 0.2) is 11.5 Å². The summed E-state index contributed by atoms with van der Waals surface area (Å²) in [6, 6.07) is 12.2. The molecule has 6 nitrogen and oxygen atoms in total. The quantitative estimate of drug-likeness (QED) is 0.692. The number of fused-ring (bicyclic) bond motifs is 1. The maximum atomic E-state index is 5.89. The summed E-state index contributed by atoms with van der Waals surface area (Å²) in [6.45, 7) is 3.61. The second-order valence-electron chi connectivity index (χ2n) is 7.21. The third kappa shape index (κ3) is 4.51. The first-order valence-corrected chi connectivity index (χ1v) is 9.68. The highest BCUT2D eigenvalue weighted by Crippen LogP contribution is 2.33. The lowest BCUT2D eigenvalue weighted by atomic mass is 10.1. The lowest BCUT2D eigenvalue weighted by molar-refractivity contribution is 0.0678. The van der Waals surface area contributed by atoms with E-state index < -0.39 is 0 Å². The molecule has 0 saturated carbocycles. The molecule has 0 bridgehead atoms. The van der Waals surface area contributed by atoms with E-state index in [1.54, 1.807) is 14.2 Å². The van der Waals surface area contributed by atoms with E-state index in [1.807, 2.05) is 12.1 Å². The first kappa shape index (κ1) is 18.9. The summed E-state index contributed by atoms with van der Waals surface area (Å²) in [7, 11) is 3.35. The Hall–Kier alpha value is -2.44. The molecule has 0 aromatic heterocycles. The van der Waals surface area contributed by atoms with E-state index in [0.717, 1.165) is 67.6 Å². The van der Waals surface area contributed by atoms with Gasteiger partial charge in [-0.05, 0) is 48.2 Å². The fraction of sp³-hybridized carbons (Fsp3) is 0.455. The number of rotatable bonds is 8. The van der Waals surface area contributed by atoms with E-state index in [1.165, 1.54) is 5.56 Å². The van der Waals surface area contributed by atoms with Gasteiger partial charge in [-0.2, -0.15) is 0 Å². The Morgan fingerprint density at radius 3 is 2.39 bits per heavy atom. The number of ether oxygens (including phenoxy) is 5. The smallest absolute Gasteiger partial charge is 0.231 e. The SMILES string of the molecule is COc1cc(CN(Cc2ccc3c(c2)OCO3)CC2CCCO2)cc(OC)c1. The number of methoxy groups -OCH3 is 2. The van der Waals surface area contributed by atoms with E-state index in [9.17, 15) is 0 Å². The second-order valence-corrected chi connectivity index (χ2v) is 7.21. The van der Waals surface area contributed by atoms with Crippen LogP contribution in [0, 0.1) is 0 Å². The maximum Gasteiger partial charge on any atom is 0.231 e. The van der Waals surface area contributed by atoms with Crippen molar-refractivity contribution in [2.45, 2.75) is 32.0 Å². The molecule has 4 rings (SSSR count). The second kappa shape index (κ2) is 8.71. The van der Waals surface area contributed by atoms with Gasteiger partial charge in [0.1, 0.15) is 11.5 Å². The van der Waals surface area contributed by atoms with Crippen LogP contribution in [0.4, 0.5) is 0 Å². The van der Waals surface area contributed by atoms with Crippen molar-refractivity contribution in [2.75, 3.05) is 34.2 Å².